The molecule has 0 amide bonds. The second kappa shape index (κ2) is 6.40. The molecule has 1 heterocycles. The Hall–Kier alpha value is -1.06. The molecule has 1 aromatic carbocycles. The van der Waals surface area contributed by atoms with E-state index in [1.807, 2.05) is 12.1 Å². The minimum absolute atomic E-state index is 0.133. The van der Waals surface area contributed by atoms with Crippen molar-refractivity contribution in [3.8, 4) is 5.75 Å². The molecule has 1 unspecified atom stereocenters. The summed E-state index contributed by atoms with van der Waals surface area (Å²) in [5.74, 6) is 0.934. The Balaban J connectivity index is 1.84. The fraction of sp³-hybridized carbons (Fsp3) is 0.625. The van der Waals surface area contributed by atoms with Crippen molar-refractivity contribution in [2.45, 2.75) is 51.8 Å². The van der Waals surface area contributed by atoms with Crippen LogP contribution >= 0.6 is 0 Å². The van der Waals surface area contributed by atoms with Crippen molar-refractivity contribution in [1.82, 2.24) is 5.32 Å². The normalized spacial score (nSPS) is 19.6. The second-order valence-corrected chi connectivity index (χ2v) is 6.20. The molecular formula is C16H25NO2. The van der Waals surface area contributed by atoms with Gasteiger partial charge in [-0.15, -0.1) is 0 Å². The quantitative estimate of drug-likeness (QED) is 0.885. The maximum Gasteiger partial charge on any atom is 0.119 e. The van der Waals surface area contributed by atoms with Gasteiger partial charge in [0.2, 0.25) is 0 Å². The SMILES string of the molecule is CC(C)(C)NCc1cccc(OCC2CCCO2)c1. The van der Waals surface area contributed by atoms with Crippen molar-refractivity contribution in [1.29, 1.82) is 0 Å². The maximum absolute atomic E-state index is 5.81. The first-order valence-corrected chi connectivity index (χ1v) is 7.11. The van der Waals surface area contributed by atoms with Gasteiger partial charge < -0.3 is 14.8 Å². The van der Waals surface area contributed by atoms with E-state index in [1.165, 1.54) is 5.56 Å². The molecule has 0 bridgehead atoms. The van der Waals surface area contributed by atoms with Crippen LogP contribution in [0.25, 0.3) is 0 Å². The highest BCUT2D eigenvalue weighted by atomic mass is 16.5. The molecule has 1 aliphatic heterocycles. The van der Waals surface area contributed by atoms with Gasteiger partial charge in [0.05, 0.1) is 6.10 Å². The van der Waals surface area contributed by atoms with Crippen LogP contribution in [0.4, 0.5) is 0 Å². The summed E-state index contributed by atoms with van der Waals surface area (Å²) in [6.45, 7) is 8.92. The number of benzene rings is 1. The molecular weight excluding hydrogens is 238 g/mol. The van der Waals surface area contributed by atoms with Gasteiger partial charge in [-0.05, 0) is 51.3 Å². The molecule has 1 N–H and O–H groups in total. The summed E-state index contributed by atoms with van der Waals surface area (Å²) >= 11 is 0. The number of hydrogen-bond acceptors (Lipinski definition) is 3. The fourth-order valence-electron chi connectivity index (χ4n) is 2.08. The first-order chi connectivity index (χ1) is 9.03. The molecule has 1 atom stereocenters. The molecule has 19 heavy (non-hydrogen) atoms. The van der Waals surface area contributed by atoms with Gasteiger partial charge in [-0.2, -0.15) is 0 Å². The molecule has 3 heteroatoms. The van der Waals surface area contributed by atoms with Gasteiger partial charge in [-0.3, -0.25) is 0 Å². The van der Waals surface area contributed by atoms with E-state index in [0.29, 0.717) is 6.61 Å². The molecule has 0 saturated carbocycles. The average molecular weight is 263 g/mol. The Morgan fingerprint density at radius 1 is 1.37 bits per heavy atom. The first-order valence-electron chi connectivity index (χ1n) is 7.11. The van der Waals surface area contributed by atoms with Crippen LogP contribution in [0.3, 0.4) is 0 Å². The minimum Gasteiger partial charge on any atom is -0.491 e. The summed E-state index contributed by atoms with van der Waals surface area (Å²) in [5.41, 5.74) is 1.38. The Morgan fingerprint density at radius 2 is 2.21 bits per heavy atom. The smallest absolute Gasteiger partial charge is 0.119 e. The van der Waals surface area contributed by atoms with Crippen LogP contribution in [-0.2, 0) is 11.3 Å². The third-order valence-corrected chi connectivity index (χ3v) is 3.18. The van der Waals surface area contributed by atoms with E-state index in [2.05, 4.69) is 38.2 Å². The van der Waals surface area contributed by atoms with Crippen molar-refractivity contribution in [3.63, 3.8) is 0 Å². The van der Waals surface area contributed by atoms with E-state index in [0.717, 1.165) is 31.7 Å². The summed E-state index contributed by atoms with van der Waals surface area (Å²) in [6.07, 6.45) is 2.55. The first kappa shape index (κ1) is 14.4. The van der Waals surface area contributed by atoms with E-state index in [9.17, 15) is 0 Å². The number of ether oxygens (including phenoxy) is 2. The zero-order valence-corrected chi connectivity index (χ0v) is 12.2. The molecule has 1 aliphatic rings. The van der Waals surface area contributed by atoms with Gasteiger partial charge in [0.15, 0.2) is 0 Å². The van der Waals surface area contributed by atoms with Crippen molar-refractivity contribution in [3.05, 3.63) is 29.8 Å². The molecule has 3 nitrogen and oxygen atoms in total. The van der Waals surface area contributed by atoms with Gasteiger partial charge in [0, 0.05) is 18.7 Å². The highest BCUT2D eigenvalue weighted by Crippen LogP contribution is 2.17. The molecule has 2 rings (SSSR count). The summed E-state index contributed by atoms with van der Waals surface area (Å²) in [6, 6.07) is 8.28. The molecule has 0 radical (unpaired) electrons. The maximum atomic E-state index is 5.81. The minimum atomic E-state index is 0.133. The Kier molecular flexibility index (Phi) is 4.83. The molecule has 1 aromatic rings. The summed E-state index contributed by atoms with van der Waals surface area (Å²) < 4.78 is 11.4. The monoisotopic (exact) mass is 263 g/mol. The lowest BCUT2D eigenvalue weighted by Crippen LogP contribution is -2.35. The van der Waals surface area contributed by atoms with Crippen LogP contribution in [0.2, 0.25) is 0 Å². The Bertz CT molecular complexity index is 392. The lowest BCUT2D eigenvalue weighted by atomic mass is 10.1. The highest BCUT2D eigenvalue weighted by molar-refractivity contribution is 5.28. The third kappa shape index (κ3) is 5.21. The molecule has 106 valence electrons. The van der Waals surface area contributed by atoms with Crippen LogP contribution in [0.5, 0.6) is 5.75 Å². The van der Waals surface area contributed by atoms with Crippen LogP contribution in [0.15, 0.2) is 24.3 Å². The lowest BCUT2D eigenvalue weighted by molar-refractivity contribution is 0.0679. The van der Waals surface area contributed by atoms with E-state index in [-0.39, 0.29) is 11.6 Å². The van der Waals surface area contributed by atoms with Gasteiger partial charge in [-0.25, -0.2) is 0 Å². The van der Waals surface area contributed by atoms with Crippen LogP contribution in [0.1, 0.15) is 39.2 Å². The predicted molar refractivity (Wildman–Crippen MR) is 77.5 cm³/mol. The van der Waals surface area contributed by atoms with E-state index >= 15 is 0 Å². The van der Waals surface area contributed by atoms with E-state index in [1.54, 1.807) is 0 Å². The topological polar surface area (TPSA) is 30.5 Å². The van der Waals surface area contributed by atoms with Gasteiger partial charge in [0.1, 0.15) is 12.4 Å². The molecule has 0 spiro atoms. The van der Waals surface area contributed by atoms with E-state index in [4.69, 9.17) is 9.47 Å². The average Bonchev–Trinajstić information content (AvgIpc) is 2.87. The van der Waals surface area contributed by atoms with Crippen LogP contribution < -0.4 is 10.1 Å². The lowest BCUT2D eigenvalue weighted by Gasteiger charge is -2.20. The van der Waals surface area contributed by atoms with Crippen molar-refractivity contribution < 1.29 is 9.47 Å². The van der Waals surface area contributed by atoms with Gasteiger partial charge >= 0.3 is 0 Å². The molecule has 0 aliphatic carbocycles. The van der Waals surface area contributed by atoms with Crippen molar-refractivity contribution in [2.24, 2.45) is 0 Å². The van der Waals surface area contributed by atoms with E-state index < -0.39 is 0 Å². The summed E-state index contributed by atoms with van der Waals surface area (Å²) in [5, 5.41) is 3.48. The van der Waals surface area contributed by atoms with Gasteiger partial charge in [0.25, 0.3) is 0 Å². The Labute approximate surface area is 116 Å². The number of rotatable bonds is 5. The molecule has 0 aromatic heterocycles. The standard InChI is InChI=1S/C16H25NO2/c1-16(2,3)17-11-13-6-4-7-14(10-13)19-12-15-8-5-9-18-15/h4,6-7,10,15,17H,5,8-9,11-12H2,1-3H3. The zero-order valence-electron chi connectivity index (χ0n) is 12.2. The largest absolute Gasteiger partial charge is 0.491 e. The predicted octanol–water partition coefficient (Wildman–Crippen LogP) is 3.13. The van der Waals surface area contributed by atoms with Crippen LogP contribution in [-0.4, -0.2) is 24.9 Å². The Morgan fingerprint density at radius 3 is 2.89 bits per heavy atom. The molecule has 1 fully saturated rings. The number of hydrogen-bond donors (Lipinski definition) is 1. The van der Waals surface area contributed by atoms with Crippen molar-refractivity contribution >= 4 is 0 Å². The summed E-state index contributed by atoms with van der Waals surface area (Å²) in [7, 11) is 0. The second-order valence-electron chi connectivity index (χ2n) is 6.20. The number of nitrogens with one attached hydrogen (secondary N) is 1. The fourth-order valence-corrected chi connectivity index (χ4v) is 2.08. The molecule has 1 saturated heterocycles. The van der Waals surface area contributed by atoms with Crippen LogP contribution in [0, 0.1) is 0 Å². The highest BCUT2D eigenvalue weighted by Gasteiger charge is 2.16. The van der Waals surface area contributed by atoms with Crippen molar-refractivity contribution in [2.75, 3.05) is 13.2 Å². The van der Waals surface area contributed by atoms with Gasteiger partial charge in [-0.1, -0.05) is 12.1 Å². The summed E-state index contributed by atoms with van der Waals surface area (Å²) in [4.78, 5) is 0. The third-order valence-electron chi connectivity index (χ3n) is 3.18. The zero-order chi connectivity index (χ0) is 13.7.